The first-order valence-electron chi connectivity index (χ1n) is 6.72. The van der Waals surface area contributed by atoms with Gasteiger partial charge in [-0.15, -0.1) is 0 Å². The Morgan fingerprint density at radius 2 is 2.05 bits per heavy atom. The average Bonchev–Trinajstić information content (AvgIpc) is 2.32. The fourth-order valence-electron chi connectivity index (χ4n) is 2.29. The van der Waals surface area contributed by atoms with Gasteiger partial charge in [-0.05, 0) is 69.1 Å². The molecule has 0 aliphatic rings. The molecule has 0 aliphatic carbocycles. The van der Waals surface area contributed by atoms with Crippen molar-refractivity contribution in [1.29, 1.82) is 0 Å². The van der Waals surface area contributed by atoms with Crippen molar-refractivity contribution >= 4 is 44.5 Å². The van der Waals surface area contributed by atoms with Crippen molar-refractivity contribution in [3.05, 3.63) is 25.7 Å². The van der Waals surface area contributed by atoms with Crippen LogP contribution < -0.4 is 4.74 Å². The van der Waals surface area contributed by atoms with E-state index in [2.05, 4.69) is 44.6 Å². The molecule has 0 amide bonds. The van der Waals surface area contributed by atoms with Crippen LogP contribution in [0.2, 0.25) is 0 Å². The minimum atomic E-state index is -0.729. The number of carboxylic acids is 1. The van der Waals surface area contributed by atoms with E-state index >= 15 is 0 Å². The number of halogens is 2. The number of methoxy groups -OCH3 is 1. The molecule has 0 aliphatic heterocycles. The molecule has 1 aromatic carbocycles. The van der Waals surface area contributed by atoms with Crippen LogP contribution in [-0.2, 0) is 11.2 Å². The Balaban J connectivity index is 2.70. The van der Waals surface area contributed by atoms with Gasteiger partial charge in [-0.1, -0.05) is 0 Å². The van der Waals surface area contributed by atoms with Crippen LogP contribution in [0.25, 0.3) is 0 Å². The molecule has 0 bridgehead atoms. The number of carboxylic acid groups (broad SMARTS) is 1. The molecule has 1 aromatic rings. The Labute approximate surface area is 148 Å². The third kappa shape index (κ3) is 5.41. The number of nitrogens with zero attached hydrogens (tertiary/aromatic N) is 1. The number of hydrogen-bond donors (Lipinski definition) is 1. The molecular weight excluding hydrogens is 449 g/mol. The minimum Gasteiger partial charge on any atom is -0.494 e. The molecule has 0 saturated carbocycles. The zero-order valence-corrected chi connectivity index (χ0v) is 16.6. The van der Waals surface area contributed by atoms with Crippen LogP contribution in [0.1, 0.15) is 18.4 Å². The highest BCUT2D eigenvalue weighted by Crippen LogP contribution is 2.32. The van der Waals surface area contributed by atoms with Crippen molar-refractivity contribution < 1.29 is 19.1 Å². The smallest absolute Gasteiger partial charge is 0.362 e. The van der Waals surface area contributed by atoms with E-state index in [0.717, 1.165) is 26.6 Å². The highest BCUT2D eigenvalue weighted by Gasteiger charge is 2.30. The first-order chi connectivity index (χ1) is 9.66. The number of aryl methyl sites for hydroxylation is 1. The Hall–Kier alpha value is -0.340. The quantitative estimate of drug-likeness (QED) is 0.489. The maximum atomic E-state index is 11.3. The predicted octanol–water partition coefficient (Wildman–Crippen LogP) is 3.54. The van der Waals surface area contributed by atoms with E-state index in [0.29, 0.717) is 10.9 Å². The summed E-state index contributed by atoms with van der Waals surface area (Å²) < 4.78 is 7.75. The number of rotatable bonds is 7. The molecule has 1 rings (SSSR count). The van der Waals surface area contributed by atoms with Crippen LogP contribution in [0, 0.1) is 3.57 Å². The molecule has 0 aromatic heterocycles. The van der Waals surface area contributed by atoms with E-state index in [1.54, 1.807) is 7.11 Å². The molecule has 0 radical (unpaired) electrons. The van der Waals surface area contributed by atoms with Crippen LogP contribution in [0.3, 0.4) is 0 Å². The largest absolute Gasteiger partial charge is 0.494 e. The third-order valence-electron chi connectivity index (χ3n) is 3.43. The van der Waals surface area contributed by atoms with Gasteiger partial charge in [-0.2, -0.15) is 0 Å². The van der Waals surface area contributed by atoms with Gasteiger partial charge in [0, 0.05) is 6.42 Å². The lowest BCUT2D eigenvalue weighted by Gasteiger charge is -2.31. The van der Waals surface area contributed by atoms with Gasteiger partial charge in [0.15, 0.2) is 6.04 Å². The first kappa shape index (κ1) is 18.7. The Morgan fingerprint density at radius 1 is 1.43 bits per heavy atom. The van der Waals surface area contributed by atoms with Crippen LogP contribution in [0.4, 0.5) is 0 Å². The fraction of sp³-hybridized carbons (Fsp3) is 0.533. The maximum absolute atomic E-state index is 11.3. The van der Waals surface area contributed by atoms with Gasteiger partial charge in [0.2, 0.25) is 0 Å². The average molecular weight is 471 g/mol. The minimum absolute atomic E-state index is 0.370. The lowest BCUT2D eigenvalue weighted by Crippen LogP contribution is -2.49. The van der Waals surface area contributed by atoms with E-state index in [-0.39, 0.29) is 6.04 Å². The lowest BCUT2D eigenvalue weighted by molar-refractivity contribution is -0.887. The van der Waals surface area contributed by atoms with Crippen molar-refractivity contribution in [2.45, 2.75) is 25.3 Å². The Kier molecular flexibility index (Phi) is 6.93. The number of carbonyl (C=O) groups is 1. The van der Waals surface area contributed by atoms with E-state index in [1.807, 2.05) is 27.2 Å². The molecule has 0 unspecified atom stereocenters. The van der Waals surface area contributed by atoms with Gasteiger partial charge >= 0.3 is 5.97 Å². The van der Waals surface area contributed by atoms with E-state index in [1.165, 1.54) is 5.56 Å². The van der Waals surface area contributed by atoms with Crippen LogP contribution in [-0.4, -0.2) is 49.9 Å². The van der Waals surface area contributed by atoms with Crippen molar-refractivity contribution in [3.8, 4) is 5.75 Å². The Bertz CT molecular complexity index is 491. The standard InChI is InChI=1S/C15H21BrINO3/c1-18(2,3)13(15(19)20)7-5-6-10-8-11(16)14(21-4)12(17)9-10/h8-9,13H,5-7H2,1-4H3/p+1/t13-/m1/s1. The molecule has 0 heterocycles. The molecule has 0 fully saturated rings. The lowest BCUT2D eigenvalue weighted by atomic mass is 10.0. The summed E-state index contributed by atoms with van der Waals surface area (Å²) >= 11 is 5.76. The zero-order chi connectivity index (χ0) is 16.2. The number of ether oxygens (including phenoxy) is 1. The molecule has 0 saturated heterocycles. The maximum Gasteiger partial charge on any atom is 0.362 e. The number of likely N-dealkylation sites (N-methyl/N-ethyl adjacent to an activating group) is 1. The van der Waals surface area contributed by atoms with Crippen LogP contribution in [0.5, 0.6) is 5.75 Å². The second-order valence-electron chi connectivity index (χ2n) is 5.96. The second kappa shape index (κ2) is 7.78. The third-order valence-corrected chi connectivity index (χ3v) is 4.82. The molecule has 6 heteroatoms. The Morgan fingerprint density at radius 3 is 2.48 bits per heavy atom. The van der Waals surface area contributed by atoms with Gasteiger partial charge in [0.25, 0.3) is 0 Å². The van der Waals surface area contributed by atoms with E-state index in [4.69, 9.17) is 4.74 Å². The molecule has 0 spiro atoms. The number of benzene rings is 1. The summed E-state index contributed by atoms with van der Waals surface area (Å²) in [5.74, 6) is 0.113. The summed E-state index contributed by atoms with van der Waals surface area (Å²) in [6, 6.07) is 3.76. The summed E-state index contributed by atoms with van der Waals surface area (Å²) in [5.41, 5.74) is 1.19. The molecule has 1 atom stereocenters. The van der Waals surface area contributed by atoms with Gasteiger partial charge in [0.05, 0.1) is 36.3 Å². The van der Waals surface area contributed by atoms with Crippen LogP contribution in [0.15, 0.2) is 16.6 Å². The fourth-order valence-corrected chi connectivity index (χ4v) is 4.24. The summed E-state index contributed by atoms with van der Waals surface area (Å²) in [4.78, 5) is 11.3. The van der Waals surface area contributed by atoms with Crippen molar-refractivity contribution in [1.82, 2.24) is 0 Å². The summed E-state index contributed by atoms with van der Waals surface area (Å²) in [6.45, 7) is 0. The van der Waals surface area contributed by atoms with Gasteiger partial charge < -0.3 is 14.3 Å². The van der Waals surface area contributed by atoms with Gasteiger partial charge in [0.1, 0.15) is 5.75 Å². The highest BCUT2D eigenvalue weighted by molar-refractivity contribution is 14.1. The summed E-state index contributed by atoms with van der Waals surface area (Å²) in [5, 5.41) is 9.32. The summed E-state index contributed by atoms with van der Waals surface area (Å²) in [6.07, 6.45) is 2.38. The van der Waals surface area contributed by atoms with E-state index in [9.17, 15) is 9.90 Å². The van der Waals surface area contributed by atoms with Crippen molar-refractivity contribution in [2.24, 2.45) is 0 Å². The molecular formula is C15H22BrINO3+. The molecule has 21 heavy (non-hydrogen) atoms. The second-order valence-corrected chi connectivity index (χ2v) is 7.97. The molecule has 1 N–H and O–H groups in total. The normalized spacial score (nSPS) is 13.0. The number of aliphatic carboxylic acids is 1. The molecule has 4 nitrogen and oxygen atoms in total. The SMILES string of the molecule is COc1c(Br)cc(CCC[C@H](C(=O)O)[N+](C)(C)C)cc1I. The zero-order valence-electron chi connectivity index (χ0n) is 12.8. The van der Waals surface area contributed by atoms with Crippen LogP contribution >= 0.6 is 38.5 Å². The van der Waals surface area contributed by atoms with Crippen molar-refractivity contribution in [2.75, 3.05) is 28.3 Å². The number of hydrogen-bond acceptors (Lipinski definition) is 2. The monoisotopic (exact) mass is 470 g/mol. The van der Waals surface area contributed by atoms with Gasteiger partial charge in [-0.25, -0.2) is 4.79 Å². The predicted molar refractivity (Wildman–Crippen MR) is 95.8 cm³/mol. The first-order valence-corrected chi connectivity index (χ1v) is 8.59. The highest BCUT2D eigenvalue weighted by atomic mass is 127. The number of quaternary nitrogens is 1. The topological polar surface area (TPSA) is 46.5 Å². The van der Waals surface area contributed by atoms with Crippen molar-refractivity contribution in [3.63, 3.8) is 0 Å². The molecule has 118 valence electrons. The van der Waals surface area contributed by atoms with Gasteiger partial charge in [-0.3, -0.25) is 0 Å². The summed E-state index contributed by atoms with van der Waals surface area (Å²) in [7, 11) is 7.42. The van der Waals surface area contributed by atoms with E-state index < -0.39 is 5.97 Å².